The van der Waals surface area contributed by atoms with Crippen LogP contribution in [0, 0.1) is 0 Å². The molecule has 5 heteroatoms. The van der Waals surface area contributed by atoms with Gasteiger partial charge in [0.1, 0.15) is 0 Å². The zero-order valence-corrected chi connectivity index (χ0v) is 10.2. The zero-order chi connectivity index (χ0) is 12.2. The van der Waals surface area contributed by atoms with Gasteiger partial charge in [-0.15, -0.1) is 0 Å². The minimum Gasteiger partial charge on any atom is -0.351 e. The number of carbonyl (C=O) groups is 2. The lowest BCUT2D eigenvalue weighted by atomic mass is 10.1. The highest BCUT2D eigenvalue weighted by molar-refractivity contribution is 5.89. The van der Waals surface area contributed by atoms with E-state index in [0.717, 1.165) is 32.4 Å². The summed E-state index contributed by atoms with van der Waals surface area (Å²) in [4.78, 5) is 25.0. The molecule has 0 aliphatic carbocycles. The van der Waals surface area contributed by atoms with E-state index in [1.54, 1.807) is 11.8 Å². The molecule has 1 saturated heterocycles. The Morgan fingerprint density at radius 3 is 2.25 bits per heavy atom. The summed E-state index contributed by atoms with van der Waals surface area (Å²) in [5.41, 5.74) is -1.23. The van der Waals surface area contributed by atoms with Gasteiger partial charge in [0.05, 0.1) is 0 Å². The maximum Gasteiger partial charge on any atom is 0.275 e. The van der Waals surface area contributed by atoms with Crippen LogP contribution in [0.3, 0.4) is 0 Å². The van der Waals surface area contributed by atoms with Crippen LogP contribution in [0.5, 0.6) is 0 Å². The van der Waals surface area contributed by atoms with Crippen molar-refractivity contribution in [2.45, 2.75) is 38.8 Å². The quantitative estimate of drug-likeness (QED) is 0.715. The summed E-state index contributed by atoms with van der Waals surface area (Å²) >= 11 is 0. The van der Waals surface area contributed by atoms with E-state index in [1.165, 1.54) is 14.0 Å². The van der Waals surface area contributed by atoms with Gasteiger partial charge in [0.2, 0.25) is 11.6 Å². The van der Waals surface area contributed by atoms with Gasteiger partial charge >= 0.3 is 0 Å². The number of hydrogen-bond donors (Lipinski definition) is 1. The highest BCUT2D eigenvalue weighted by Crippen LogP contribution is 2.15. The SMILES string of the molecule is COC(C)(NC(C)=O)C(=O)N1CCCCC1. The van der Waals surface area contributed by atoms with Crippen LogP contribution in [0.4, 0.5) is 0 Å². The summed E-state index contributed by atoms with van der Waals surface area (Å²) in [6.45, 7) is 4.46. The Morgan fingerprint density at radius 1 is 1.25 bits per heavy atom. The van der Waals surface area contributed by atoms with Crippen LogP contribution in [0.25, 0.3) is 0 Å². The predicted molar refractivity (Wildman–Crippen MR) is 59.7 cm³/mol. The average molecular weight is 228 g/mol. The Bertz CT molecular complexity index is 274. The van der Waals surface area contributed by atoms with Crippen LogP contribution in [-0.4, -0.2) is 42.6 Å². The van der Waals surface area contributed by atoms with E-state index >= 15 is 0 Å². The molecule has 1 fully saturated rings. The molecule has 0 radical (unpaired) electrons. The van der Waals surface area contributed by atoms with Gasteiger partial charge in [-0.2, -0.15) is 0 Å². The normalized spacial score (nSPS) is 20.1. The van der Waals surface area contributed by atoms with Crippen LogP contribution in [0.15, 0.2) is 0 Å². The highest BCUT2D eigenvalue weighted by atomic mass is 16.5. The van der Waals surface area contributed by atoms with E-state index in [2.05, 4.69) is 5.32 Å². The lowest BCUT2D eigenvalue weighted by Gasteiger charge is -2.35. The molecule has 1 rings (SSSR count). The second-order valence-corrected chi connectivity index (χ2v) is 4.27. The van der Waals surface area contributed by atoms with Gasteiger partial charge in [0.15, 0.2) is 0 Å². The zero-order valence-electron chi connectivity index (χ0n) is 10.2. The molecule has 1 unspecified atom stereocenters. The lowest BCUT2D eigenvalue weighted by molar-refractivity contribution is -0.161. The van der Waals surface area contributed by atoms with E-state index in [4.69, 9.17) is 4.74 Å². The number of amides is 2. The second kappa shape index (κ2) is 5.30. The highest BCUT2D eigenvalue weighted by Gasteiger charge is 2.37. The van der Waals surface area contributed by atoms with E-state index in [0.29, 0.717) is 0 Å². The monoisotopic (exact) mass is 228 g/mol. The third-order valence-electron chi connectivity index (χ3n) is 2.87. The van der Waals surface area contributed by atoms with Crippen molar-refractivity contribution in [1.82, 2.24) is 10.2 Å². The second-order valence-electron chi connectivity index (χ2n) is 4.27. The van der Waals surface area contributed by atoms with Gasteiger partial charge in [0, 0.05) is 27.1 Å². The van der Waals surface area contributed by atoms with Crippen molar-refractivity contribution >= 4 is 11.8 Å². The first-order valence-electron chi connectivity index (χ1n) is 5.63. The molecule has 0 saturated carbocycles. The van der Waals surface area contributed by atoms with Crippen molar-refractivity contribution in [1.29, 1.82) is 0 Å². The lowest BCUT2D eigenvalue weighted by Crippen LogP contribution is -2.59. The van der Waals surface area contributed by atoms with Crippen molar-refractivity contribution in [3.63, 3.8) is 0 Å². The minimum absolute atomic E-state index is 0.162. The first kappa shape index (κ1) is 13.0. The summed E-state index contributed by atoms with van der Waals surface area (Å²) in [6, 6.07) is 0. The van der Waals surface area contributed by atoms with Crippen LogP contribution >= 0.6 is 0 Å². The first-order chi connectivity index (χ1) is 7.49. The molecule has 1 aliphatic rings. The summed E-state index contributed by atoms with van der Waals surface area (Å²) < 4.78 is 5.14. The summed E-state index contributed by atoms with van der Waals surface area (Å²) in [5.74, 6) is -0.431. The Balaban J connectivity index is 2.70. The van der Waals surface area contributed by atoms with E-state index < -0.39 is 5.72 Å². The van der Waals surface area contributed by atoms with Gasteiger partial charge in [0.25, 0.3) is 5.91 Å². The number of piperidine rings is 1. The van der Waals surface area contributed by atoms with Crippen molar-refractivity contribution in [3.05, 3.63) is 0 Å². The van der Waals surface area contributed by atoms with Crippen molar-refractivity contribution in [2.24, 2.45) is 0 Å². The summed E-state index contributed by atoms with van der Waals surface area (Å²) in [5, 5.41) is 2.55. The maximum absolute atomic E-state index is 12.2. The molecule has 0 aromatic carbocycles. The van der Waals surface area contributed by atoms with Crippen LogP contribution in [0.2, 0.25) is 0 Å². The molecule has 0 aromatic rings. The molecule has 16 heavy (non-hydrogen) atoms. The van der Waals surface area contributed by atoms with Crippen molar-refractivity contribution in [3.8, 4) is 0 Å². The third kappa shape index (κ3) is 2.95. The molecule has 1 aliphatic heterocycles. The van der Waals surface area contributed by atoms with Gasteiger partial charge in [-0.05, 0) is 26.2 Å². The molecule has 0 spiro atoms. The standard InChI is InChI=1S/C11H20N2O3/c1-9(14)12-11(2,16-3)10(15)13-7-5-4-6-8-13/h4-8H2,1-3H3,(H,12,14). The Labute approximate surface area is 96.1 Å². The number of carbonyl (C=O) groups excluding carboxylic acids is 2. The Kier molecular flexibility index (Phi) is 4.29. The number of ether oxygens (including phenoxy) is 1. The fraction of sp³-hybridized carbons (Fsp3) is 0.818. The van der Waals surface area contributed by atoms with Gasteiger partial charge in [-0.1, -0.05) is 0 Å². The molecule has 1 N–H and O–H groups in total. The molecular weight excluding hydrogens is 208 g/mol. The first-order valence-corrected chi connectivity index (χ1v) is 5.63. The number of nitrogens with one attached hydrogen (secondary N) is 1. The molecule has 1 atom stereocenters. The molecule has 1 heterocycles. The number of hydrogen-bond acceptors (Lipinski definition) is 3. The number of likely N-dealkylation sites (tertiary alicyclic amines) is 1. The molecular formula is C11H20N2O3. The summed E-state index contributed by atoms with van der Waals surface area (Å²) in [7, 11) is 1.43. The van der Waals surface area contributed by atoms with Gasteiger partial charge < -0.3 is 15.0 Å². The fourth-order valence-electron chi connectivity index (χ4n) is 1.93. The molecule has 92 valence electrons. The largest absolute Gasteiger partial charge is 0.351 e. The molecule has 0 aromatic heterocycles. The maximum atomic E-state index is 12.2. The smallest absolute Gasteiger partial charge is 0.275 e. The topological polar surface area (TPSA) is 58.6 Å². The van der Waals surface area contributed by atoms with Crippen molar-refractivity contribution < 1.29 is 14.3 Å². The summed E-state index contributed by atoms with van der Waals surface area (Å²) in [6.07, 6.45) is 3.20. The van der Waals surface area contributed by atoms with Crippen LogP contribution in [0.1, 0.15) is 33.1 Å². The van der Waals surface area contributed by atoms with Gasteiger partial charge in [-0.3, -0.25) is 9.59 Å². The molecule has 0 bridgehead atoms. The fourth-order valence-corrected chi connectivity index (χ4v) is 1.93. The average Bonchev–Trinajstić information content (AvgIpc) is 2.28. The van der Waals surface area contributed by atoms with E-state index in [-0.39, 0.29) is 11.8 Å². The Hall–Kier alpha value is -1.10. The predicted octanol–water partition coefficient (Wildman–Crippen LogP) is 0.498. The van der Waals surface area contributed by atoms with Crippen LogP contribution < -0.4 is 5.32 Å². The van der Waals surface area contributed by atoms with Crippen molar-refractivity contribution in [2.75, 3.05) is 20.2 Å². The number of nitrogens with zero attached hydrogens (tertiary/aromatic N) is 1. The van der Waals surface area contributed by atoms with Crippen LogP contribution in [-0.2, 0) is 14.3 Å². The molecule has 5 nitrogen and oxygen atoms in total. The number of rotatable bonds is 3. The third-order valence-corrected chi connectivity index (χ3v) is 2.87. The van der Waals surface area contributed by atoms with Gasteiger partial charge in [-0.25, -0.2) is 0 Å². The molecule has 2 amide bonds. The van der Waals surface area contributed by atoms with E-state index in [9.17, 15) is 9.59 Å². The Morgan fingerprint density at radius 2 is 1.81 bits per heavy atom. The number of methoxy groups -OCH3 is 1. The minimum atomic E-state index is -1.23. The van der Waals surface area contributed by atoms with E-state index in [1.807, 2.05) is 0 Å².